The number of halogens is 5. The van der Waals surface area contributed by atoms with Crippen LogP contribution in [0.4, 0.5) is 27.9 Å². The van der Waals surface area contributed by atoms with Crippen LogP contribution in [-0.4, -0.2) is 50.1 Å². The first kappa shape index (κ1) is 25.2. The fourth-order valence-electron chi connectivity index (χ4n) is 4.37. The molecule has 0 spiro atoms. The van der Waals surface area contributed by atoms with Crippen molar-refractivity contribution < 1.29 is 26.7 Å². The lowest BCUT2D eigenvalue weighted by molar-refractivity contribution is -0.141. The van der Waals surface area contributed by atoms with E-state index in [4.69, 9.17) is 0 Å². The Morgan fingerprint density at radius 3 is 2.71 bits per heavy atom. The van der Waals surface area contributed by atoms with Crippen molar-refractivity contribution in [2.45, 2.75) is 25.1 Å². The number of rotatable bonds is 5. The molecule has 1 atom stereocenters. The van der Waals surface area contributed by atoms with E-state index in [0.717, 1.165) is 24.4 Å². The molecule has 3 heterocycles. The molecule has 2 aromatic heterocycles. The largest absolute Gasteiger partial charge is 0.433 e. The average Bonchev–Trinajstić information content (AvgIpc) is 3.34. The van der Waals surface area contributed by atoms with Crippen LogP contribution >= 0.6 is 0 Å². The fraction of sp³-hybridized carbons (Fsp3) is 0.240. The molecule has 2 N–H and O–H groups in total. The van der Waals surface area contributed by atoms with E-state index in [1.54, 1.807) is 0 Å². The second-order valence-corrected chi connectivity index (χ2v) is 8.82. The first-order valence-electron chi connectivity index (χ1n) is 11.5. The number of carbonyl (C=O) groups is 1. The summed E-state index contributed by atoms with van der Waals surface area (Å²) in [6.07, 6.45) is -3.09. The molecule has 196 valence electrons. The molecule has 2 aromatic carbocycles. The van der Waals surface area contributed by atoms with Gasteiger partial charge in [0.25, 0.3) is 11.5 Å². The van der Waals surface area contributed by atoms with E-state index in [2.05, 4.69) is 25.5 Å². The van der Waals surface area contributed by atoms with Crippen molar-refractivity contribution >= 4 is 22.6 Å². The van der Waals surface area contributed by atoms with Crippen LogP contribution < -0.4 is 10.9 Å². The number of amides is 1. The second kappa shape index (κ2) is 9.80. The van der Waals surface area contributed by atoms with E-state index in [1.807, 2.05) is 0 Å². The van der Waals surface area contributed by atoms with Crippen LogP contribution in [0, 0.1) is 11.6 Å². The first-order valence-corrected chi connectivity index (χ1v) is 11.5. The topological polar surface area (TPSA) is 104 Å². The van der Waals surface area contributed by atoms with Gasteiger partial charge in [-0.3, -0.25) is 9.59 Å². The third-order valence-corrected chi connectivity index (χ3v) is 6.22. The lowest BCUT2D eigenvalue weighted by Crippen LogP contribution is -2.32. The molecule has 1 amide bonds. The average molecular weight is 530 g/mol. The Kier molecular flexibility index (Phi) is 6.51. The highest BCUT2D eigenvalue weighted by Crippen LogP contribution is 2.28. The van der Waals surface area contributed by atoms with E-state index < -0.39 is 41.0 Å². The summed E-state index contributed by atoms with van der Waals surface area (Å²) in [5, 5.41) is 9.70. The fourth-order valence-corrected chi connectivity index (χ4v) is 4.37. The SMILES string of the molecule is O=C(c1cc(Cc2n[nH]c(=O)c3cc(F)ccc23)ccc1F)N1CC[C@@H](Nc2nccc(C(F)(F)F)n2)C1. The summed E-state index contributed by atoms with van der Waals surface area (Å²) in [4.78, 5) is 33.8. The van der Waals surface area contributed by atoms with Crippen LogP contribution in [0.2, 0.25) is 0 Å². The molecule has 8 nitrogen and oxygen atoms in total. The van der Waals surface area contributed by atoms with E-state index >= 15 is 0 Å². The third kappa shape index (κ3) is 5.17. The monoisotopic (exact) mass is 530 g/mol. The van der Waals surface area contributed by atoms with Gasteiger partial charge in [0.2, 0.25) is 5.95 Å². The Hall–Kier alpha value is -4.42. The van der Waals surface area contributed by atoms with Crippen LogP contribution in [0.5, 0.6) is 0 Å². The lowest BCUT2D eigenvalue weighted by atomic mass is 10.0. The molecule has 0 bridgehead atoms. The molecule has 0 unspecified atom stereocenters. The van der Waals surface area contributed by atoms with Gasteiger partial charge in [0.15, 0.2) is 0 Å². The number of fused-ring (bicyclic) bond motifs is 1. The zero-order valence-electron chi connectivity index (χ0n) is 19.5. The van der Waals surface area contributed by atoms with Gasteiger partial charge in [-0.1, -0.05) is 6.07 Å². The second-order valence-electron chi connectivity index (χ2n) is 8.82. The van der Waals surface area contributed by atoms with Gasteiger partial charge in [0.05, 0.1) is 16.6 Å². The van der Waals surface area contributed by atoms with Crippen molar-refractivity contribution in [2.24, 2.45) is 0 Å². The minimum Gasteiger partial charge on any atom is -0.350 e. The van der Waals surface area contributed by atoms with Gasteiger partial charge >= 0.3 is 6.18 Å². The Bertz CT molecular complexity index is 1590. The Morgan fingerprint density at radius 1 is 1.11 bits per heavy atom. The van der Waals surface area contributed by atoms with E-state index in [0.29, 0.717) is 23.1 Å². The summed E-state index contributed by atoms with van der Waals surface area (Å²) in [6, 6.07) is 8.09. The van der Waals surface area contributed by atoms with Crippen LogP contribution in [0.25, 0.3) is 10.8 Å². The number of nitrogens with zero attached hydrogens (tertiary/aromatic N) is 4. The first-order chi connectivity index (χ1) is 18.1. The maximum Gasteiger partial charge on any atom is 0.433 e. The Labute approximate surface area is 211 Å². The third-order valence-electron chi connectivity index (χ3n) is 6.22. The van der Waals surface area contributed by atoms with Gasteiger partial charge < -0.3 is 10.2 Å². The summed E-state index contributed by atoms with van der Waals surface area (Å²) in [5.41, 5.74) is -0.874. The normalized spacial score (nSPS) is 15.7. The van der Waals surface area contributed by atoms with Gasteiger partial charge in [-0.25, -0.2) is 23.8 Å². The summed E-state index contributed by atoms with van der Waals surface area (Å²) < 4.78 is 67.0. The summed E-state index contributed by atoms with van der Waals surface area (Å²) in [6.45, 7) is 0.358. The molecular formula is C25H19F5N6O2. The number of aromatic nitrogens is 4. The lowest BCUT2D eigenvalue weighted by Gasteiger charge is -2.18. The smallest absolute Gasteiger partial charge is 0.350 e. The maximum absolute atomic E-state index is 14.7. The van der Waals surface area contributed by atoms with Crippen LogP contribution in [0.1, 0.15) is 33.7 Å². The van der Waals surface area contributed by atoms with Gasteiger partial charge in [-0.15, -0.1) is 0 Å². The molecular weight excluding hydrogens is 511 g/mol. The Balaban J connectivity index is 1.32. The molecule has 0 saturated carbocycles. The molecule has 1 saturated heterocycles. The van der Waals surface area contributed by atoms with E-state index in [9.17, 15) is 31.5 Å². The maximum atomic E-state index is 14.7. The molecule has 4 aromatic rings. The number of carbonyl (C=O) groups excluding carboxylic acids is 1. The van der Waals surface area contributed by atoms with Crippen molar-refractivity contribution in [3.8, 4) is 0 Å². The molecule has 0 radical (unpaired) electrons. The minimum atomic E-state index is -4.62. The molecule has 1 aliphatic rings. The minimum absolute atomic E-state index is 0.111. The highest BCUT2D eigenvalue weighted by Gasteiger charge is 2.34. The van der Waals surface area contributed by atoms with Crippen LogP contribution in [-0.2, 0) is 12.6 Å². The van der Waals surface area contributed by atoms with Crippen molar-refractivity contribution in [1.29, 1.82) is 0 Å². The number of anilines is 1. The predicted molar refractivity (Wildman–Crippen MR) is 126 cm³/mol. The molecule has 0 aliphatic carbocycles. The van der Waals surface area contributed by atoms with Crippen molar-refractivity contribution in [1.82, 2.24) is 25.1 Å². The van der Waals surface area contributed by atoms with E-state index in [-0.39, 0.29) is 36.4 Å². The quantitative estimate of drug-likeness (QED) is 0.379. The number of hydrogen-bond acceptors (Lipinski definition) is 6. The highest BCUT2D eigenvalue weighted by atomic mass is 19.4. The standard InChI is InChI=1S/C25H19F5N6O2/c26-14-2-3-16-17(11-14)22(37)35-34-20(16)10-13-1-4-19(27)18(9-13)23(38)36-8-6-15(12-36)32-24-31-7-5-21(33-24)25(28,29)30/h1-5,7,9,11,15H,6,8,10,12H2,(H,35,37)(H,31,32,33)/t15-/m1/s1. The van der Waals surface area contributed by atoms with Crippen LogP contribution in [0.15, 0.2) is 53.5 Å². The zero-order valence-corrected chi connectivity index (χ0v) is 19.5. The Morgan fingerprint density at radius 2 is 1.92 bits per heavy atom. The highest BCUT2D eigenvalue weighted by molar-refractivity contribution is 5.95. The zero-order chi connectivity index (χ0) is 27.0. The summed E-state index contributed by atoms with van der Waals surface area (Å²) in [5.74, 6) is -2.11. The predicted octanol–water partition coefficient (Wildman–Crippen LogP) is 3.93. The van der Waals surface area contributed by atoms with Gasteiger partial charge in [-0.2, -0.15) is 18.3 Å². The van der Waals surface area contributed by atoms with Gasteiger partial charge in [-0.05, 0) is 48.4 Å². The number of H-pyrrole nitrogens is 1. The molecule has 38 heavy (non-hydrogen) atoms. The molecule has 1 aliphatic heterocycles. The van der Waals surface area contributed by atoms with Crippen LogP contribution in [0.3, 0.4) is 0 Å². The number of alkyl halides is 3. The number of benzene rings is 2. The van der Waals surface area contributed by atoms with Gasteiger partial charge in [0, 0.05) is 37.1 Å². The molecule has 1 fully saturated rings. The van der Waals surface area contributed by atoms with E-state index in [1.165, 1.54) is 29.2 Å². The summed E-state index contributed by atoms with van der Waals surface area (Å²) >= 11 is 0. The van der Waals surface area contributed by atoms with Crippen molar-refractivity contribution in [3.05, 3.63) is 93.2 Å². The molecule has 5 rings (SSSR count). The number of nitrogens with one attached hydrogen (secondary N) is 2. The van der Waals surface area contributed by atoms with Crippen molar-refractivity contribution in [3.63, 3.8) is 0 Å². The number of aromatic amines is 1. The van der Waals surface area contributed by atoms with Gasteiger partial charge in [0.1, 0.15) is 17.3 Å². The molecule has 13 heteroatoms. The summed E-state index contributed by atoms with van der Waals surface area (Å²) in [7, 11) is 0. The number of likely N-dealkylation sites (tertiary alicyclic amines) is 1. The number of hydrogen-bond donors (Lipinski definition) is 2. The van der Waals surface area contributed by atoms with Crippen molar-refractivity contribution in [2.75, 3.05) is 18.4 Å².